The molecule has 10 nitrogen and oxygen atoms in total. The molecule has 0 bridgehead atoms. The number of amides is 3. The zero-order chi connectivity index (χ0) is 25.7. The van der Waals surface area contributed by atoms with Crippen LogP contribution in [0.4, 0.5) is 11.4 Å². The Balaban J connectivity index is 1.65. The molecule has 35 heavy (non-hydrogen) atoms. The molecule has 2 aromatic rings. The van der Waals surface area contributed by atoms with Crippen molar-refractivity contribution in [2.45, 2.75) is 33.4 Å². The fraction of sp³-hybridized carbons (Fsp3) is 0.400. The Kier molecular flexibility index (Phi) is 8.06. The highest BCUT2D eigenvalue weighted by molar-refractivity contribution is 5.96. The van der Waals surface area contributed by atoms with Crippen molar-refractivity contribution in [1.29, 1.82) is 0 Å². The first-order valence-electron chi connectivity index (χ1n) is 11.5. The van der Waals surface area contributed by atoms with Gasteiger partial charge in [0.2, 0.25) is 5.91 Å². The second-order valence-electron chi connectivity index (χ2n) is 8.84. The van der Waals surface area contributed by atoms with E-state index in [1.165, 1.54) is 13.0 Å². The van der Waals surface area contributed by atoms with Gasteiger partial charge in [-0.1, -0.05) is 12.1 Å². The van der Waals surface area contributed by atoms with Gasteiger partial charge in [-0.25, -0.2) is 0 Å². The van der Waals surface area contributed by atoms with E-state index < -0.39 is 10.8 Å². The minimum absolute atomic E-state index is 0.0182. The van der Waals surface area contributed by atoms with Crippen LogP contribution in [0.3, 0.4) is 0 Å². The molecule has 0 spiro atoms. The largest absolute Gasteiger partial charge is 0.362 e. The third kappa shape index (κ3) is 6.14. The molecule has 1 heterocycles. The highest BCUT2D eigenvalue weighted by Crippen LogP contribution is 2.30. The molecule has 0 atom stereocenters. The molecule has 3 rings (SSSR count). The van der Waals surface area contributed by atoms with E-state index in [2.05, 4.69) is 5.32 Å². The van der Waals surface area contributed by atoms with Gasteiger partial charge < -0.3 is 20.0 Å². The van der Waals surface area contributed by atoms with Crippen LogP contribution in [0.15, 0.2) is 42.5 Å². The number of nitrogens with one attached hydrogen (secondary N) is 1. The van der Waals surface area contributed by atoms with Crippen molar-refractivity contribution in [1.82, 2.24) is 15.1 Å². The van der Waals surface area contributed by atoms with Gasteiger partial charge in [-0.2, -0.15) is 0 Å². The number of benzene rings is 2. The first-order chi connectivity index (χ1) is 16.6. The normalized spacial score (nSPS) is 13.5. The van der Waals surface area contributed by atoms with Gasteiger partial charge in [-0.15, -0.1) is 0 Å². The standard InChI is InChI=1S/C25H31N5O5/c1-17(2)27(4)25(33)20-7-5-19(6-8-20)16-26-24(32)21-9-10-22(23(15-21)30(34)35)29-13-11-28(12-14-29)18(3)31/h5-10,15,17H,11-14,16H2,1-4H3,(H,26,32). The van der Waals surface area contributed by atoms with E-state index in [4.69, 9.17) is 0 Å². The zero-order valence-electron chi connectivity index (χ0n) is 20.5. The lowest BCUT2D eigenvalue weighted by Gasteiger charge is -2.35. The van der Waals surface area contributed by atoms with Crippen molar-refractivity contribution in [3.63, 3.8) is 0 Å². The fourth-order valence-electron chi connectivity index (χ4n) is 3.83. The average molecular weight is 482 g/mol. The molecule has 0 aromatic heterocycles. The summed E-state index contributed by atoms with van der Waals surface area (Å²) < 4.78 is 0. The van der Waals surface area contributed by atoms with Crippen molar-refractivity contribution in [3.8, 4) is 0 Å². The number of nitrogens with zero attached hydrogens (tertiary/aromatic N) is 4. The molecular formula is C25H31N5O5. The summed E-state index contributed by atoms with van der Waals surface area (Å²) in [5.74, 6) is -0.526. The van der Waals surface area contributed by atoms with Crippen LogP contribution < -0.4 is 10.2 Å². The van der Waals surface area contributed by atoms with Crippen molar-refractivity contribution in [3.05, 3.63) is 69.3 Å². The van der Waals surface area contributed by atoms with Gasteiger partial charge in [0.15, 0.2) is 0 Å². The van der Waals surface area contributed by atoms with Gasteiger partial charge in [0, 0.05) is 69.9 Å². The molecule has 2 aromatic carbocycles. The maximum atomic E-state index is 12.7. The minimum atomic E-state index is -0.493. The lowest BCUT2D eigenvalue weighted by atomic mass is 10.1. The topological polar surface area (TPSA) is 116 Å². The molecular weight excluding hydrogens is 450 g/mol. The molecule has 0 radical (unpaired) electrons. The molecule has 0 aliphatic carbocycles. The lowest BCUT2D eigenvalue weighted by molar-refractivity contribution is -0.384. The molecule has 1 saturated heterocycles. The maximum absolute atomic E-state index is 12.7. The van der Waals surface area contributed by atoms with Crippen LogP contribution in [-0.4, -0.2) is 71.7 Å². The fourth-order valence-corrected chi connectivity index (χ4v) is 3.83. The molecule has 3 amide bonds. The monoisotopic (exact) mass is 481 g/mol. The van der Waals surface area contributed by atoms with E-state index in [-0.39, 0.29) is 35.7 Å². The summed E-state index contributed by atoms with van der Waals surface area (Å²) in [6.07, 6.45) is 0. The Morgan fingerprint density at radius 3 is 2.17 bits per heavy atom. The van der Waals surface area contributed by atoms with Crippen molar-refractivity contribution in [2.24, 2.45) is 0 Å². The van der Waals surface area contributed by atoms with E-state index in [0.717, 1.165) is 5.56 Å². The van der Waals surface area contributed by atoms with Crippen LogP contribution in [0.5, 0.6) is 0 Å². The summed E-state index contributed by atoms with van der Waals surface area (Å²) in [4.78, 5) is 53.1. The molecule has 1 aliphatic rings. The van der Waals surface area contributed by atoms with Crippen LogP contribution in [0.1, 0.15) is 47.1 Å². The molecule has 1 N–H and O–H groups in total. The zero-order valence-corrected chi connectivity index (χ0v) is 20.5. The van der Waals surface area contributed by atoms with Gasteiger partial charge >= 0.3 is 0 Å². The second-order valence-corrected chi connectivity index (χ2v) is 8.84. The summed E-state index contributed by atoms with van der Waals surface area (Å²) >= 11 is 0. The van der Waals surface area contributed by atoms with Crippen molar-refractivity contribution >= 4 is 29.1 Å². The smallest absolute Gasteiger partial charge is 0.293 e. The average Bonchev–Trinajstić information content (AvgIpc) is 2.86. The number of carbonyl (C=O) groups excluding carboxylic acids is 3. The number of piperazine rings is 1. The van der Waals surface area contributed by atoms with Crippen LogP contribution in [0, 0.1) is 10.1 Å². The number of carbonyl (C=O) groups is 3. The third-order valence-electron chi connectivity index (χ3n) is 6.25. The summed E-state index contributed by atoms with van der Waals surface area (Å²) in [7, 11) is 1.75. The molecule has 186 valence electrons. The number of anilines is 1. The number of nitro benzene ring substituents is 1. The Bertz CT molecular complexity index is 1110. The Hall–Kier alpha value is -3.95. The molecule has 10 heteroatoms. The predicted octanol–water partition coefficient (Wildman–Crippen LogP) is 2.67. The number of hydrogen-bond donors (Lipinski definition) is 1. The van der Waals surface area contributed by atoms with Gasteiger partial charge in [0.05, 0.1) is 4.92 Å². The summed E-state index contributed by atoms with van der Waals surface area (Å²) in [6, 6.07) is 11.5. The molecule has 1 fully saturated rings. The van der Waals surface area contributed by atoms with Crippen LogP contribution >= 0.6 is 0 Å². The molecule has 0 saturated carbocycles. The number of nitro groups is 1. The second kappa shape index (κ2) is 11.0. The van der Waals surface area contributed by atoms with Crippen LogP contribution in [0.2, 0.25) is 0 Å². The van der Waals surface area contributed by atoms with Crippen molar-refractivity contribution < 1.29 is 19.3 Å². The highest BCUT2D eigenvalue weighted by atomic mass is 16.6. The molecule has 1 aliphatic heterocycles. The predicted molar refractivity (Wildman–Crippen MR) is 132 cm³/mol. The molecule has 0 unspecified atom stereocenters. The van der Waals surface area contributed by atoms with E-state index in [9.17, 15) is 24.5 Å². The number of hydrogen-bond acceptors (Lipinski definition) is 6. The van der Waals surface area contributed by atoms with Gasteiger partial charge in [-0.3, -0.25) is 24.5 Å². The SMILES string of the molecule is CC(=O)N1CCN(c2ccc(C(=O)NCc3ccc(C(=O)N(C)C(C)C)cc3)cc2[N+](=O)[O-])CC1. The van der Waals surface area contributed by atoms with Crippen LogP contribution in [0.25, 0.3) is 0 Å². The quantitative estimate of drug-likeness (QED) is 0.480. The van der Waals surface area contributed by atoms with E-state index in [0.29, 0.717) is 37.4 Å². The first-order valence-corrected chi connectivity index (χ1v) is 11.5. The summed E-state index contributed by atoms with van der Waals surface area (Å²) in [5, 5.41) is 14.5. The Labute approximate surface area is 204 Å². The van der Waals surface area contributed by atoms with Crippen LogP contribution in [-0.2, 0) is 11.3 Å². The first kappa shape index (κ1) is 25.7. The van der Waals surface area contributed by atoms with E-state index in [1.54, 1.807) is 53.2 Å². The summed E-state index contributed by atoms with van der Waals surface area (Å²) in [5.41, 5.74) is 1.84. The van der Waals surface area contributed by atoms with Gasteiger partial charge in [0.25, 0.3) is 17.5 Å². The van der Waals surface area contributed by atoms with Gasteiger partial charge in [-0.05, 0) is 43.7 Å². The third-order valence-corrected chi connectivity index (χ3v) is 6.25. The summed E-state index contributed by atoms with van der Waals surface area (Å²) in [6.45, 7) is 7.55. The minimum Gasteiger partial charge on any atom is -0.362 e. The van der Waals surface area contributed by atoms with E-state index >= 15 is 0 Å². The lowest BCUT2D eigenvalue weighted by Crippen LogP contribution is -2.48. The highest BCUT2D eigenvalue weighted by Gasteiger charge is 2.26. The Morgan fingerprint density at radius 1 is 1.03 bits per heavy atom. The van der Waals surface area contributed by atoms with E-state index in [1.807, 2.05) is 18.7 Å². The van der Waals surface area contributed by atoms with Crippen molar-refractivity contribution in [2.75, 3.05) is 38.1 Å². The maximum Gasteiger partial charge on any atom is 0.293 e. The van der Waals surface area contributed by atoms with Gasteiger partial charge in [0.1, 0.15) is 5.69 Å². The number of rotatable bonds is 7. The Morgan fingerprint density at radius 2 is 1.63 bits per heavy atom.